The van der Waals surface area contributed by atoms with E-state index in [0.29, 0.717) is 0 Å². The van der Waals surface area contributed by atoms with E-state index in [2.05, 4.69) is 29.5 Å². The second-order valence-corrected chi connectivity index (χ2v) is 2.38. The Morgan fingerprint density at radius 3 is 2.57 bits per heavy atom. The molecule has 0 aliphatic rings. The first kappa shape index (κ1) is 7.69. The summed E-state index contributed by atoms with van der Waals surface area (Å²) in [5, 5.41) is 0. The molecule has 0 aromatic heterocycles. The van der Waals surface area contributed by atoms with Crippen LogP contribution in [-0.4, -0.2) is 17.6 Å². The summed E-state index contributed by atoms with van der Waals surface area (Å²) in [5.74, 6) is 0. The molecule has 2 heteroatoms. The maximum Gasteiger partial charge on any atom is 0.0555 e. The van der Waals surface area contributed by atoms with Gasteiger partial charge in [0.1, 0.15) is 0 Å². The molecule has 0 heterocycles. The third-order valence-corrected chi connectivity index (χ3v) is 1.01. The monoisotopic (exact) mass is 214 g/mol. The summed E-state index contributed by atoms with van der Waals surface area (Å²) >= 11 is 2.30. The second kappa shape index (κ2) is 6.69. The van der Waals surface area contributed by atoms with Crippen LogP contribution in [0, 0.1) is 0 Å². The molecule has 0 aliphatic heterocycles. The summed E-state index contributed by atoms with van der Waals surface area (Å²) in [7, 11) is 0. The fraction of sp³-hybridized carbons (Fsp3) is 1.00. The van der Waals surface area contributed by atoms with Gasteiger partial charge in [-0.1, -0.05) is 29.5 Å². The summed E-state index contributed by atoms with van der Waals surface area (Å²) < 4.78 is 6.23. The summed E-state index contributed by atoms with van der Waals surface area (Å²) in [6.45, 7) is 3.95. The lowest BCUT2D eigenvalue weighted by molar-refractivity contribution is 0.152. The van der Waals surface area contributed by atoms with E-state index in [1.165, 1.54) is 0 Å². The predicted octanol–water partition coefficient (Wildman–Crippen LogP) is 1.85. The minimum atomic E-state index is 0.911. The zero-order valence-electron chi connectivity index (χ0n) is 4.61. The topological polar surface area (TPSA) is 9.23 Å². The Hall–Kier alpha value is 0.690. The molecule has 0 amide bonds. The molecule has 0 spiro atoms. The molecule has 1 nitrogen and oxygen atoms in total. The van der Waals surface area contributed by atoms with Crippen molar-refractivity contribution < 1.29 is 4.74 Å². The minimum Gasteiger partial charge on any atom is -0.381 e. The number of hydrogen-bond donors (Lipinski definition) is 0. The maximum atomic E-state index is 5.12. The van der Waals surface area contributed by atoms with Gasteiger partial charge >= 0.3 is 0 Å². The molecule has 0 aromatic carbocycles. The van der Waals surface area contributed by atoms with Crippen molar-refractivity contribution in [2.75, 3.05) is 17.6 Å². The SMILES string of the molecule is CCCOCCI. The first-order valence-corrected chi connectivity index (χ1v) is 4.08. The molecule has 44 valence electrons. The largest absolute Gasteiger partial charge is 0.381 e. The summed E-state index contributed by atoms with van der Waals surface area (Å²) in [6, 6.07) is 0. The molecule has 0 atom stereocenters. The highest BCUT2D eigenvalue weighted by Gasteiger charge is 1.78. The van der Waals surface area contributed by atoms with Crippen LogP contribution in [0.5, 0.6) is 0 Å². The van der Waals surface area contributed by atoms with Gasteiger partial charge in [-0.05, 0) is 6.42 Å². The van der Waals surface area contributed by atoms with Gasteiger partial charge in [-0.25, -0.2) is 0 Å². The molecular weight excluding hydrogens is 203 g/mol. The van der Waals surface area contributed by atoms with Crippen LogP contribution >= 0.6 is 22.6 Å². The third-order valence-electron chi connectivity index (χ3n) is 0.570. The summed E-state index contributed by atoms with van der Waals surface area (Å²) in [5.41, 5.74) is 0. The molecule has 0 saturated carbocycles. The highest BCUT2D eigenvalue weighted by atomic mass is 127. The van der Waals surface area contributed by atoms with Crippen LogP contribution in [0.3, 0.4) is 0 Å². The number of halogens is 1. The molecule has 0 rings (SSSR count). The molecule has 0 unspecified atom stereocenters. The van der Waals surface area contributed by atoms with E-state index in [1.807, 2.05) is 0 Å². The Bertz CT molecular complexity index is 27.3. The number of alkyl halides is 1. The van der Waals surface area contributed by atoms with Crippen molar-refractivity contribution in [1.29, 1.82) is 0 Å². The van der Waals surface area contributed by atoms with Crippen molar-refractivity contribution in [1.82, 2.24) is 0 Å². The Morgan fingerprint density at radius 1 is 1.43 bits per heavy atom. The first-order chi connectivity index (χ1) is 3.41. The van der Waals surface area contributed by atoms with Gasteiger partial charge in [0.2, 0.25) is 0 Å². The molecule has 0 aliphatic carbocycles. The molecule has 0 radical (unpaired) electrons. The third kappa shape index (κ3) is 6.69. The zero-order valence-corrected chi connectivity index (χ0v) is 6.77. The van der Waals surface area contributed by atoms with Gasteiger partial charge in [0.25, 0.3) is 0 Å². The minimum absolute atomic E-state index is 0.911. The average molecular weight is 214 g/mol. The quantitative estimate of drug-likeness (QED) is 0.394. The van der Waals surface area contributed by atoms with E-state index in [9.17, 15) is 0 Å². The van der Waals surface area contributed by atoms with Crippen LogP contribution < -0.4 is 0 Å². The molecule has 0 N–H and O–H groups in total. The van der Waals surface area contributed by atoms with E-state index in [4.69, 9.17) is 4.74 Å². The van der Waals surface area contributed by atoms with Crippen molar-refractivity contribution in [3.63, 3.8) is 0 Å². The average Bonchev–Trinajstić information content (AvgIpc) is 1.69. The number of ether oxygens (including phenoxy) is 1. The van der Waals surface area contributed by atoms with Gasteiger partial charge in [0.15, 0.2) is 0 Å². The molecule has 0 aromatic rings. The number of hydrogen-bond acceptors (Lipinski definition) is 1. The van der Waals surface area contributed by atoms with Gasteiger partial charge in [-0.15, -0.1) is 0 Å². The van der Waals surface area contributed by atoms with E-state index in [0.717, 1.165) is 24.1 Å². The van der Waals surface area contributed by atoms with E-state index in [1.54, 1.807) is 0 Å². The summed E-state index contributed by atoms with van der Waals surface area (Å²) in [4.78, 5) is 0. The van der Waals surface area contributed by atoms with E-state index in [-0.39, 0.29) is 0 Å². The fourth-order valence-corrected chi connectivity index (χ4v) is 0.612. The van der Waals surface area contributed by atoms with Gasteiger partial charge in [0, 0.05) is 11.0 Å². The Morgan fingerprint density at radius 2 is 2.14 bits per heavy atom. The zero-order chi connectivity index (χ0) is 5.54. The lowest BCUT2D eigenvalue weighted by atomic mass is 10.5. The van der Waals surface area contributed by atoms with Crippen molar-refractivity contribution in [3.05, 3.63) is 0 Å². The highest BCUT2D eigenvalue weighted by Crippen LogP contribution is 1.83. The van der Waals surface area contributed by atoms with Crippen molar-refractivity contribution in [3.8, 4) is 0 Å². The van der Waals surface area contributed by atoms with Crippen molar-refractivity contribution in [2.45, 2.75) is 13.3 Å². The Kier molecular flexibility index (Phi) is 7.35. The van der Waals surface area contributed by atoms with Crippen LogP contribution in [0.15, 0.2) is 0 Å². The standard InChI is InChI=1S/C5H11IO/c1-2-4-7-5-3-6/h2-5H2,1H3. The normalized spacial score (nSPS) is 9.43. The smallest absolute Gasteiger partial charge is 0.0555 e. The second-order valence-electron chi connectivity index (χ2n) is 1.30. The number of rotatable bonds is 4. The van der Waals surface area contributed by atoms with Gasteiger partial charge in [-0.2, -0.15) is 0 Å². The summed E-state index contributed by atoms with van der Waals surface area (Å²) in [6.07, 6.45) is 1.14. The highest BCUT2D eigenvalue weighted by molar-refractivity contribution is 14.1. The Labute approximate surface area is 58.6 Å². The predicted molar refractivity (Wildman–Crippen MR) is 40.0 cm³/mol. The van der Waals surface area contributed by atoms with Crippen LogP contribution in [0.2, 0.25) is 0 Å². The van der Waals surface area contributed by atoms with Crippen molar-refractivity contribution in [2.24, 2.45) is 0 Å². The van der Waals surface area contributed by atoms with Crippen LogP contribution in [0.1, 0.15) is 13.3 Å². The van der Waals surface area contributed by atoms with Gasteiger partial charge in [0.05, 0.1) is 6.61 Å². The van der Waals surface area contributed by atoms with Gasteiger partial charge < -0.3 is 4.74 Å². The van der Waals surface area contributed by atoms with Crippen molar-refractivity contribution >= 4 is 22.6 Å². The molecule has 0 bridgehead atoms. The molecule has 0 fully saturated rings. The molecule has 7 heavy (non-hydrogen) atoms. The lowest BCUT2D eigenvalue weighted by Gasteiger charge is -1.94. The Balaban J connectivity index is 2.45. The molecular formula is C5H11IO. The lowest BCUT2D eigenvalue weighted by Crippen LogP contribution is -1.94. The van der Waals surface area contributed by atoms with Crippen LogP contribution in [-0.2, 0) is 4.74 Å². The molecule has 0 saturated heterocycles. The van der Waals surface area contributed by atoms with E-state index < -0.39 is 0 Å². The maximum absolute atomic E-state index is 5.12. The van der Waals surface area contributed by atoms with E-state index >= 15 is 0 Å². The first-order valence-electron chi connectivity index (χ1n) is 2.55. The van der Waals surface area contributed by atoms with Gasteiger partial charge in [-0.3, -0.25) is 0 Å². The van der Waals surface area contributed by atoms with Crippen LogP contribution in [0.25, 0.3) is 0 Å². The fourth-order valence-electron chi connectivity index (χ4n) is 0.301. The van der Waals surface area contributed by atoms with Crippen LogP contribution in [0.4, 0.5) is 0 Å².